The summed E-state index contributed by atoms with van der Waals surface area (Å²) in [4.78, 5) is 171. The molecule has 0 aliphatic heterocycles. The number of nitrogens with one attached hydrogen (secondary N) is 6. The van der Waals surface area contributed by atoms with E-state index in [1.807, 2.05) is 98.1 Å². The lowest BCUT2D eigenvalue weighted by molar-refractivity contribution is -0.141. The van der Waals surface area contributed by atoms with Gasteiger partial charge in [-0.15, -0.1) is 0 Å². The maximum absolute atomic E-state index is 15.0. The molecule has 0 saturated carbocycles. The third-order valence-electron chi connectivity index (χ3n) is 20.4. The molecule has 13 rings (SSSR count). The number of rotatable bonds is 28. The third-order valence-corrected chi connectivity index (χ3v) is 22.4. The van der Waals surface area contributed by atoms with E-state index in [9.17, 15) is 76.2 Å². The Bertz CT molecular complexity index is 7100. The molecule has 127 heavy (non-hydrogen) atoms. The SMILES string of the molecule is CC(=O)Nc1cccc(-n2c(=O)n(CCCCO)c(=O)c3c(Nc4ccc(I)cc4F)n(C)c(=O)c(C)c32)c1.CC(=O)Nc1cccc(-n2c(=O)n(CCCCOC(C)=O)c(=O)c3c(Nc4ccc(I)cc4F)n(C)c(=O)c(C)c32)c1.CC(=O)Nc1cccc(-n2c(=O)n(CCCCOCc3ccccc3)c(=O)c3c(Nc4ccc(I)cc4F)n(C)c(=O)c(C)c32)c1. The van der Waals surface area contributed by atoms with Gasteiger partial charge in [-0.2, -0.15) is 0 Å². The van der Waals surface area contributed by atoms with E-state index in [0.717, 1.165) is 19.3 Å². The summed E-state index contributed by atoms with van der Waals surface area (Å²) in [5.74, 6) is -3.04. The molecule has 0 unspecified atom stereocenters. The number of aryl methyl sites for hydroxylation is 3. The molecule has 0 saturated heterocycles. The van der Waals surface area contributed by atoms with Gasteiger partial charge in [0.2, 0.25) is 17.7 Å². The van der Waals surface area contributed by atoms with Crippen LogP contribution in [0.1, 0.15) is 88.5 Å². The van der Waals surface area contributed by atoms with E-state index in [1.54, 1.807) is 97.9 Å². The molecule has 0 fully saturated rings. The van der Waals surface area contributed by atoms with E-state index in [-0.39, 0.29) is 134 Å². The van der Waals surface area contributed by atoms with Crippen molar-refractivity contribution in [1.82, 2.24) is 41.1 Å². The minimum Gasteiger partial charge on any atom is -0.466 e. The van der Waals surface area contributed by atoms with Gasteiger partial charge < -0.3 is 46.5 Å². The highest BCUT2D eigenvalue weighted by atomic mass is 127. The third kappa shape index (κ3) is 21.7. The number of benzene rings is 7. The molecule has 0 atom stereocenters. The molecular formula is C90H89F3I3N15O16. The van der Waals surface area contributed by atoms with Crippen LogP contribution in [0.25, 0.3) is 49.8 Å². The Morgan fingerprint density at radius 3 is 1.00 bits per heavy atom. The first-order valence-corrected chi connectivity index (χ1v) is 43.1. The van der Waals surface area contributed by atoms with Crippen LogP contribution in [0.5, 0.6) is 0 Å². The molecule has 662 valence electrons. The van der Waals surface area contributed by atoms with E-state index in [4.69, 9.17) is 9.47 Å². The highest BCUT2D eigenvalue weighted by molar-refractivity contribution is 14.1. The number of halogens is 6. The van der Waals surface area contributed by atoms with Gasteiger partial charge in [-0.1, -0.05) is 48.5 Å². The maximum atomic E-state index is 15.0. The summed E-state index contributed by atoms with van der Waals surface area (Å²) in [6.45, 7) is 10.9. The fraction of sp³-hybridized carbons (Fsp3) is 0.256. The number of aromatic nitrogens is 9. The van der Waals surface area contributed by atoms with Gasteiger partial charge in [0, 0.05) is 126 Å². The van der Waals surface area contributed by atoms with Gasteiger partial charge in [0.15, 0.2) is 0 Å². The molecule has 0 radical (unpaired) electrons. The number of nitrogens with zero attached hydrogens (tertiary/aromatic N) is 9. The van der Waals surface area contributed by atoms with E-state index >= 15 is 4.39 Å². The zero-order valence-corrected chi connectivity index (χ0v) is 77.0. The minimum atomic E-state index is -0.706. The van der Waals surface area contributed by atoms with Crippen molar-refractivity contribution in [3.05, 3.63) is 302 Å². The molecule has 0 spiro atoms. The Morgan fingerprint density at radius 2 is 0.701 bits per heavy atom. The predicted octanol–water partition coefficient (Wildman–Crippen LogP) is 12.9. The number of aliphatic hydroxyl groups excluding tert-OH is 1. The molecule has 6 heterocycles. The summed E-state index contributed by atoms with van der Waals surface area (Å²) in [5, 5.41) is 26.1. The first kappa shape index (κ1) is 95.1. The lowest BCUT2D eigenvalue weighted by Crippen LogP contribution is -2.41. The lowest BCUT2D eigenvalue weighted by atomic mass is 10.1. The van der Waals surface area contributed by atoms with E-state index < -0.39 is 73.8 Å². The Kier molecular flexibility index (Phi) is 31.5. The number of carbonyl (C=O) groups excluding carboxylic acids is 4. The van der Waals surface area contributed by atoms with Crippen LogP contribution >= 0.6 is 67.8 Å². The fourth-order valence-corrected chi connectivity index (χ4v) is 15.8. The largest absolute Gasteiger partial charge is 0.466 e. The number of carbonyl (C=O) groups is 4. The van der Waals surface area contributed by atoms with E-state index in [0.29, 0.717) is 96.6 Å². The number of esters is 1. The van der Waals surface area contributed by atoms with Crippen molar-refractivity contribution < 1.29 is 46.9 Å². The average Bonchev–Trinajstić information content (AvgIpc) is 0.734. The highest BCUT2D eigenvalue weighted by Gasteiger charge is 2.29. The Morgan fingerprint density at radius 1 is 0.386 bits per heavy atom. The molecule has 0 aliphatic rings. The smallest absolute Gasteiger partial charge is 0.336 e. The standard InChI is InChI=1S/C34H33FIN5O5.C29H29FIN5O6.C27H27FIN5O5/c1-21-30-29(31(39(3)32(21)43)38-28-15-14-24(36)18-27(28)35)33(44)40(16-7-8-17-46-20-23-10-5-4-6-11-23)34(45)41(30)26-13-9-12-25(19-26)37-22(2)42;1-16-25-24(26(34(4)27(16)39)33-23-11-10-19(31)14-22(23)30)28(40)35(12-5-6-13-42-18(3)38)29(41)36(25)21-9-7-8-20(15-21)32-17(2)37;1-15-23-22(24(32(3)25(15)37)31-21-10-9-17(29)13-20(21)28)26(38)33(11-4-5-12-35)27(39)34(23)19-8-6-7-18(14-19)30-16(2)36/h4-6,9-15,18-19,38H,7-8,16-17,20H2,1-3H3,(H,37,42);7-11,14-15,33H,5-6,12-13H2,1-4H3,(H,32,37);6-10,13-14,31,35H,4-5,11-12H2,1-3H3,(H,30,36). The van der Waals surface area contributed by atoms with Crippen molar-refractivity contribution in [2.24, 2.45) is 21.1 Å². The second-order valence-electron chi connectivity index (χ2n) is 29.6. The number of hydrogen-bond donors (Lipinski definition) is 7. The molecule has 0 bridgehead atoms. The lowest BCUT2D eigenvalue weighted by Gasteiger charge is -2.21. The number of hydrogen-bond acceptors (Lipinski definition) is 19. The zero-order chi connectivity index (χ0) is 92.1. The van der Waals surface area contributed by atoms with Gasteiger partial charge in [0.25, 0.3) is 33.4 Å². The van der Waals surface area contributed by atoms with Gasteiger partial charge in [-0.25, -0.2) is 27.6 Å². The van der Waals surface area contributed by atoms with E-state index in [1.165, 1.54) is 126 Å². The molecular weight excluding hydrogens is 1980 g/mol. The quantitative estimate of drug-likeness (QED) is 0.0136. The Labute approximate surface area is 762 Å². The van der Waals surface area contributed by atoms with Crippen molar-refractivity contribution in [2.45, 2.75) is 113 Å². The molecule has 31 nitrogen and oxygen atoms in total. The van der Waals surface area contributed by atoms with Crippen molar-refractivity contribution >= 4 is 176 Å². The van der Waals surface area contributed by atoms with E-state index in [2.05, 4.69) is 31.9 Å². The number of aliphatic hydroxyl groups is 1. The highest BCUT2D eigenvalue weighted by Crippen LogP contribution is 2.33. The first-order chi connectivity index (χ1) is 60.5. The van der Waals surface area contributed by atoms with Crippen LogP contribution in [-0.4, -0.2) is 89.7 Å². The molecule has 7 N–H and O–H groups in total. The second-order valence-corrected chi connectivity index (χ2v) is 33.3. The van der Waals surface area contributed by atoms with Crippen molar-refractivity contribution in [2.75, 3.05) is 51.7 Å². The maximum Gasteiger partial charge on any atom is 0.336 e. The van der Waals surface area contributed by atoms with Gasteiger partial charge in [-0.3, -0.25) is 89.0 Å². The summed E-state index contributed by atoms with van der Waals surface area (Å²) >= 11 is 5.94. The number of fused-ring (bicyclic) bond motifs is 3. The summed E-state index contributed by atoms with van der Waals surface area (Å²) in [5.41, 5.74) is -1.42. The number of anilines is 9. The van der Waals surface area contributed by atoms with Gasteiger partial charge in [0.1, 0.15) is 51.1 Å². The number of amides is 3. The van der Waals surface area contributed by atoms with Crippen LogP contribution in [-0.2, 0) is 76.0 Å². The molecule has 6 aromatic heterocycles. The van der Waals surface area contributed by atoms with Crippen molar-refractivity contribution in [3.63, 3.8) is 0 Å². The summed E-state index contributed by atoms with van der Waals surface area (Å²) in [7, 11) is 4.41. The van der Waals surface area contributed by atoms with Crippen LogP contribution in [0.2, 0.25) is 0 Å². The molecule has 0 aliphatic carbocycles. The molecule has 13 aromatic rings. The fourth-order valence-electron chi connectivity index (χ4n) is 14.4. The van der Waals surface area contributed by atoms with Gasteiger partial charge in [-0.05, 0) is 242 Å². The average molecular weight is 2070 g/mol. The number of ether oxygens (including phenoxy) is 2. The monoisotopic (exact) mass is 2070 g/mol. The molecule has 7 aromatic carbocycles. The Hall–Kier alpha value is -12.6. The zero-order valence-electron chi connectivity index (χ0n) is 70.6. The van der Waals surface area contributed by atoms with Crippen LogP contribution < -0.4 is 82.3 Å². The number of unbranched alkanes of at least 4 members (excludes halogenated alkanes) is 3. The van der Waals surface area contributed by atoms with Crippen LogP contribution in [0.3, 0.4) is 0 Å². The van der Waals surface area contributed by atoms with Gasteiger partial charge >= 0.3 is 23.0 Å². The normalized spacial score (nSPS) is 11.1. The van der Waals surface area contributed by atoms with Crippen LogP contribution in [0.15, 0.2) is 201 Å². The summed E-state index contributed by atoms with van der Waals surface area (Å²) < 4.78 is 68.2. The summed E-state index contributed by atoms with van der Waals surface area (Å²) in [6, 6.07) is 42.8. The Balaban J connectivity index is 0.000000185. The van der Waals surface area contributed by atoms with Crippen molar-refractivity contribution in [3.8, 4) is 17.1 Å². The van der Waals surface area contributed by atoms with Crippen LogP contribution in [0.4, 0.5) is 64.7 Å². The number of pyridine rings is 3. The summed E-state index contributed by atoms with van der Waals surface area (Å²) in [6.07, 6.45) is 2.49. The van der Waals surface area contributed by atoms with Crippen LogP contribution in [0, 0.1) is 48.9 Å². The minimum absolute atomic E-state index is 0.00272. The second kappa shape index (κ2) is 42.1. The molecule has 37 heteroatoms. The molecule has 3 amide bonds. The van der Waals surface area contributed by atoms with Crippen molar-refractivity contribution in [1.29, 1.82) is 0 Å². The van der Waals surface area contributed by atoms with Gasteiger partial charge in [0.05, 0.1) is 63.9 Å². The predicted molar refractivity (Wildman–Crippen MR) is 509 cm³/mol. The first-order valence-electron chi connectivity index (χ1n) is 39.9. The topological polar surface area (TPSA) is 377 Å².